The Hall–Kier alpha value is -0.730. The molecule has 2 aromatic rings. The molecule has 1 aliphatic rings. The molecule has 20 heavy (non-hydrogen) atoms. The average molecular weight is 311 g/mol. The van der Waals surface area contributed by atoms with Crippen molar-refractivity contribution in [3.05, 3.63) is 29.0 Å². The van der Waals surface area contributed by atoms with Crippen LogP contribution in [0.4, 0.5) is 0 Å². The Balaban J connectivity index is 2.20. The van der Waals surface area contributed by atoms with Crippen molar-refractivity contribution in [3.8, 4) is 0 Å². The smallest absolute Gasteiger partial charge is 0.125 e. The minimum atomic E-state index is 0.273. The van der Waals surface area contributed by atoms with Gasteiger partial charge in [-0.3, -0.25) is 0 Å². The van der Waals surface area contributed by atoms with Crippen LogP contribution in [0.3, 0.4) is 0 Å². The molecule has 2 nitrogen and oxygen atoms in total. The van der Waals surface area contributed by atoms with Gasteiger partial charge in [-0.05, 0) is 36.5 Å². The van der Waals surface area contributed by atoms with Gasteiger partial charge in [0.05, 0.1) is 16.9 Å². The lowest BCUT2D eigenvalue weighted by Gasteiger charge is -2.40. The van der Waals surface area contributed by atoms with E-state index in [1.54, 1.807) is 0 Å². The maximum Gasteiger partial charge on any atom is 0.125 e. The number of alkyl halides is 1. The van der Waals surface area contributed by atoms with Gasteiger partial charge in [0.25, 0.3) is 0 Å². The first-order valence-electron chi connectivity index (χ1n) is 7.25. The van der Waals surface area contributed by atoms with Gasteiger partial charge in [0, 0.05) is 11.1 Å². The molecule has 0 spiro atoms. The highest BCUT2D eigenvalue weighted by Crippen LogP contribution is 2.45. The molecule has 1 aromatic heterocycles. The van der Waals surface area contributed by atoms with E-state index in [2.05, 4.69) is 23.4 Å². The highest BCUT2D eigenvalue weighted by Gasteiger charge is 2.35. The molecule has 1 atom stereocenters. The molecule has 1 heterocycles. The first-order valence-corrected chi connectivity index (χ1v) is 8.16. The normalized spacial score (nSPS) is 22.3. The summed E-state index contributed by atoms with van der Waals surface area (Å²) in [5, 5.41) is 0.758. The summed E-state index contributed by atoms with van der Waals surface area (Å²) in [4.78, 5) is 4.69. The van der Waals surface area contributed by atoms with Crippen molar-refractivity contribution in [1.29, 1.82) is 0 Å². The number of benzene rings is 1. The third kappa shape index (κ3) is 2.33. The molecular formula is C16H20Cl2N2. The number of hydrogen-bond donors (Lipinski definition) is 0. The fraction of sp³-hybridized carbons (Fsp3) is 0.562. The van der Waals surface area contributed by atoms with Gasteiger partial charge in [0.2, 0.25) is 0 Å². The Labute approximate surface area is 130 Å². The van der Waals surface area contributed by atoms with Crippen LogP contribution in [-0.4, -0.2) is 9.55 Å². The third-order valence-electron chi connectivity index (χ3n) is 4.61. The van der Waals surface area contributed by atoms with E-state index in [1.165, 1.54) is 25.7 Å². The second kappa shape index (κ2) is 5.23. The molecule has 1 fully saturated rings. The SMILES string of the molecule is CC1(C)CCCCC1n1c(CCl)nc2ccc(Cl)cc21. The van der Waals surface area contributed by atoms with Crippen molar-refractivity contribution in [2.75, 3.05) is 0 Å². The Morgan fingerprint density at radius 3 is 2.85 bits per heavy atom. The maximum atomic E-state index is 6.18. The zero-order valence-corrected chi connectivity index (χ0v) is 13.5. The van der Waals surface area contributed by atoms with E-state index in [4.69, 9.17) is 23.2 Å². The number of hydrogen-bond acceptors (Lipinski definition) is 1. The predicted molar refractivity (Wildman–Crippen MR) is 85.6 cm³/mol. The Morgan fingerprint density at radius 2 is 2.15 bits per heavy atom. The summed E-state index contributed by atoms with van der Waals surface area (Å²) in [7, 11) is 0. The summed E-state index contributed by atoms with van der Waals surface area (Å²) >= 11 is 12.3. The van der Waals surface area contributed by atoms with Crippen LogP contribution in [0.15, 0.2) is 18.2 Å². The number of halogens is 2. The van der Waals surface area contributed by atoms with Crippen LogP contribution in [0, 0.1) is 5.41 Å². The summed E-state index contributed by atoms with van der Waals surface area (Å²) < 4.78 is 2.34. The molecular weight excluding hydrogens is 291 g/mol. The molecule has 0 saturated heterocycles. The molecule has 1 saturated carbocycles. The van der Waals surface area contributed by atoms with Crippen LogP contribution in [0.1, 0.15) is 51.4 Å². The topological polar surface area (TPSA) is 17.8 Å². The summed E-state index contributed by atoms with van der Waals surface area (Å²) in [5.41, 5.74) is 2.38. The molecule has 0 aliphatic heterocycles. The van der Waals surface area contributed by atoms with Gasteiger partial charge in [0.1, 0.15) is 5.82 Å². The van der Waals surface area contributed by atoms with Crippen LogP contribution in [0.25, 0.3) is 11.0 Å². The lowest BCUT2D eigenvalue weighted by atomic mass is 9.73. The van der Waals surface area contributed by atoms with E-state index in [1.807, 2.05) is 18.2 Å². The number of aromatic nitrogens is 2. The number of imidazole rings is 1. The molecule has 1 unspecified atom stereocenters. The Kier molecular flexibility index (Phi) is 3.72. The first-order chi connectivity index (χ1) is 9.53. The van der Waals surface area contributed by atoms with E-state index in [9.17, 15) is 0 Å². The summed E-state index contributed by atoms with van der Waals surface area (Å²) in [6, 6.07) is 6.35. The predicted octanol–water partition coefficient (Wildman–Crippen LogP) is 5.57. The lowest BCUT2D eigenvalue weighted by Crippen LogP contribution is -2.31. The van der Waals surface area contributed by atoms with Gasteiger partial charge in [-0.25, -0.2) is 4.98 Å². The quantitative estimate of drug-likeness (QED) is 0.663. The molecule has 1 aromatic carbocycles. The van der Waals surface area contributed by atoms with E-state index < -0.39 is 0 Å². The van der Waals surface area contributed by atoms with Gasteiger partial charge in [-0.1, -0.05) is 38.3 Å². The molecule has 0 radical (unpaired) electrons. The third-order valence-corrected chi connectivity index (χ3v) is 5.08. The lowest BCUT2D eigenvalue weighted by molar-refractivity contribution is 0.145. The van der Waals surface area contributed by atoms with Crippen LogP contribution < -0.4 is 0 Å². The summed E-state index contributed by atoms with van der Waals surface area (Å²) in [6.07, 6.45) is 5.03. The van der Waals surface area contributed by atoms with Crippen molar-refractivity contribution in [3.63, 3.8) is 0 Å². The first kappa shape index (κ1) is 14.2. The Bertz CT molecular complexity index is 631. The monoisotopic (exact) mass is 310 g/mol. The van der Waals surface area contributed by atoms with Crippen molar-refractivity contribution < 1.29 is 0 Å². The van der Waals surface area contributed by atoms with Gasteiger partial charge < -0.3 is 4.57 Å². The van der Waals surface area contributed by atoms with Crippen LogP contribution in [0.2, 0.25) is 5.02 Å². The van der Waals surface area contributed by atoms with Crippen molar-refractivity contribution in [2.24, 2.45) is 5.41 Å². The molecule has 0 amide bonds. The van der Waals surface area contributed by atoms with Gasteiger partial charge in [-0.2, -0.15) is 0 Å². The molecule has 1 aliphatic carbocycles. The zero-order valence-electron chi connectivity index (χ0n) is 12.0. The maximum absolute atomic E-state index is 6.18. The second-order valence-corrected chi connectivity index (χ2v) is 7.12. The van der Waals surface area contributed by atoms with Gasteiger partial charge in [0.15, 0.2) is 0 Å². The number of rotatable bonds is 2. The Morgan fingerprint density at radius 1 is 1.35 bits per heavy atom. The second-order valence-electron chi connectivity index (χ2n) is 6.41. The van der Waals surface area contributed by atoms with E-state index in [0.29, 0.717) is 11.9 Å². The fourth-order valence-corrected chi connectivity index (χ4v) is 3.87. The van der Waals surface area contributed by atoms with Crippen molar-refractivity contribution in [2.45, 2.75) is 51.5 Å². The fourth-order valence-electron chi connectivity index (χ4n) is 3.51. The number of fused-ring (bicyclic) bond motifs is 1. The zero-order chi connectivity index (χ0) is 14.3. The minimum Gasteiger partial charge on any atom is -0.323 e. The number of nitrogens with zero attached hydrogens (tertiary/aromatic N) is 2. The van der Waals surface area contributed by atoms with E-state index in [-0.39, 0.29) is 5.41 Å². The minimum absolute atomic E-state index is 0.273. The van der Waals surface area contributed by atoms with Gasteiger partial charge in [-0.15, -0.1) is 11.6 Å². The van der Waals surface area contributed by atoms with Crippen LogP contribution in [0.5, 0.6) is 0 Å². The summed E-state index contributed by atoms with van der Waals surface area (Å²) in [5.74, 6) is 1.41. The van der Waals surface area contributed by atoms with Crippen LogP contribution in [-0.2, 0) is 5.88 Å². The average Bonchev–Trinajstić information content (AvgIpc) is 2.76. The van der Waals surface area contributed by atoms with E-state index >= 15 is 0 Å². The molecule has 108 valence electrons. The molecule has 4 heteroatoms. The van der Waals surface area contributed by atoms with E-state index in [0.717, 1.165) is 21.9 Å². The molecule has 3 rings (SSSR count). The summed E-state index contributed by atoms with van der Waals surface area (Å²) in [6.45, 7) is 4.70. The largest absolute Gasteiger partial charge is 0.323 e. The van der Waals surface area contributed by atoms with Gasteiger partial charge >= 0.3 is 0 Å². The highest BCUT2D eigenvalue weighted by atomic mass is 35.5. The standard InChI is InChI=1S/C16H20Cl2N2/c1-16(2)8-4-3-5-14(16)20-13-9-11(18)6-7-12(13)19-15(20)10-17/h6-7,9,14H,3-5,8,10H2,1-2H3. The van der Waals surface area contributed by atoms with Crippen LogP contribution >= 0.6 is 23.2 Å². The molecule has 0 bridgehead atoms. The highest BCUT2D eigenvalue weighted by molar-refractivity contribution is 6.31. The van der Waals surface area contributed by atoms with Crippen molar-refractivity contribution in [1.82, 2.24) is 9.55 Å². The van der Waals surface area contributed by atoms with Crippen molar-refractivity contribution >= 4 is 34.2 Å². The molecule has 0 N–H and O–H groups in total.